The second-order valence-corrected chi connectivity index (χ2v) is 4.77. The number of aliphatic carboxylic acids is 1. The highest BCUT2D eigenvalue weighted by molar-refractivity contribution is 6.34. The van der Waals surface area contributed by atoms with Crippen molar-refractivity contribution in [3.8, 4) is 0 Å². The van der Waals surface area contributed by atoms with Crippen molar-refractivity contribution in [1.29, 1.82) is 0 Å². The van der Waals surface area contributed by atoms with Gasteiger partial charge in [0.15, 0.2) is 0 Å². The van der Waals surface area contributed by atoms with Crippen LogP contribution in [0, 0.1) is 0 Å². The first-order chi connectivity index (χ1) is 8.51. The molecule has 0 aromatic heterocycles. The summed E-state index contributed by atoms with van der Waals surface area (Å²) in [7, 11) is 0. The summed E-state index contributed by atoms with van der Waals surface area (Å²) in [6.07, 6.45) is 1.42. The normalized spacial score (nSPS) is 11.9. The number of carboxylic acids is 1. The number of benzene rings is 1. The summed E-state index contributed by atoms with van der Waals surface area (Å²) in [5.41, 5.74) is 0.859. The summed E-state index contributed by atoms with van der Waals surface area (Å²) < 4.78 is 0. The summed E-state index contributed by atoms with van der Waals surface area (Å²) in [6, 6.07) is 4.86. The van der Waals surface area contributed by atoms with Crippen molar-refractivity contribution < 1.29 is 14.7 Å². The molecule has 1 amide bonds. The number of halogens is 2. The van der Waals surface area contributed by atoms with Gasteiger partial charge in [0.2, 0.25) is 6.41 Å². The first-order valence-corrected chi connectivity index (χ1v) is 6.13. The topological polar surface area (TPSA) is 66.4 Å². The van der Waals surface area contributed by atoms with E-state index in [-0.39, 0.29) is 12.5 Å². The highest BCUT2D eigenvalue weighted by Crippen LogP contribution is 2.20. The molecule has 98 valence electrons. The molecule has 2 N–H and O–H groups in total. The van der Waals surface area contributed by atoms with Crippen LogP contribution in [0.2, 0.25) is 10.0 Å². The highest BCUT2D eigenvalue weighted by atomic mass is 35.5. The highest BCUT2D eigenvalue weighted by Gasteiger charge is 2.11. The molecule has 0 spiro atoms. The Morgan fingerprint density at radius 2 is 1.94 bits per heavy atom. The Morgan fingerprint density at radius 1 is 1.33 bits per heavy atom. The maximum Gasteiger partial charge on any atom is 0.303 e. The largest absolute Gasteiger partial charge is 0.481 e. The lowest BCUT2D eigenvalue weighted by molar-refractivity contribution is -0.137. The third kappa shape index (κ3) is 5.38. The summed E-state index contributed by atoms with van der Waals surface area (Å²) in [5, 5.41) is 12.3. The monoisotopic (exact) mass is 289 g/mol. The van der Waals surface area contributed by atoms with Crippen LogP contribution in [0.3, 0.4) is 0 Å². The van der Waals surface area contributed by atoms with E-state index in [1.54, 1.807) is 18.2 Å². The molecule has 1 aromatic carbocycles. The minimum Gasteiger partial charge on any atom is -0.481 e. The zero-order valence-electron chi connectivity index (χ0n) is 9.53. The standard InChI is InChI=1S/C12H13Cl2NO3/c13-9-3-8(4-10(14)6-9)5-11(15-7-16)1-2-12(17)18/h3-4,6-7,11H,1-2,5H2,(H,15,16)(H,17,18). The molecule has 0 heterocycles. The van der Waals surface area contributed by atoms with Gasteiger partial charge in [-0.1, -0.05) is 23.2 Å². The summed E-state index contributed by atoms with van der Waals surface area (Å²) in [5.74, 6) is -0.892. The van der Waals surface area contributed by atoms with Crippen LogP contribution in [0.1, 0.15) is 18.4 Å². The summed E-state index contributed by atoms with van der Waals surface area (Å²) in [4.78, 5) is 21.0. The van der Waals surface area contributed by atoms with Gasteiger partial charge in [0, 0.05) is 22.5 Å². The van der Waals surface area contributed by atoms with E-state index < -0.39 is 5.97 Å². The van der Waals surface area contributed by atoms with Gasteiger partial charge in [0.1, 0.15) is 0 Å². The first-order valence-electron chi connectivity index (χ1n) is 5.37. The van der Waals surface area contributed by atoms with Gasteiger partial charge in [0.25, 0.3) is 0 Å². The maximum absolute atomic E-state index is 10.5. The molecule has 4 nitrogen and oxygen atoms in total. The number of rotatable bonds is 7. The molecular weight excluding hydrogens is 277 g/mol. The predicted octanol–water partition coefficient (Wildman–Crippen LogP) is 2.52. The Balaban J connectivity index is 2.69. The van der Waals surface area contributed by atoms with Crippen LogP contribution in [-0.4, -0.2) is 23.5 Å². The molecule has 1 unspecified atom stereocenters. The summed E-state index contributed by atoms with van der Waals surface area (Å²) in [6.45, 7) is 0. The zero-order chi connectivity index (χ0) is 13.5. The Hall–Kier alpha value is -1.26. The van der Waals surface area contributed by atoms with E-state index in [0.29, 0.717) is 29.3 Å². The van der Waals surface area contributed by atoms with Crippen molar-refractivity contribution in [2.75, 3.05) is 0 Å². The molecule has 1 rings (SSSR count). The summed E-state index contributed by atoms with van der Waals surface area (Å²) >= 11 is 11.7. The van der Waals surface area contributed by atoms with E-state index in [0.717, 1.165) is 5.56 Å². The second-order valence-electron chi connectivity index (χ2n) is 3.90. The van der Waals surface area contributed by atoms with Crippen LogP contribution in [0.25, 0.3) is 0 Å². The molecule has 0 radical (unpaired) electrons. The average Bonchev–Trinajstić information content (AvgIpc) is 2.24. The molecule has 0 aliphatic carbocycles. The number of hydrogen-bond acceptors (Lipinski definition) is 2. The minimum absolute atomic E-state index is 0.000194. The number of carbonyl (C=O) groups is 2. The molecule has 0 aliphatic heterocycles. The van der Waals surface area contributed by atoms with Crippen LogP contribution >= 0.6 is 23.2 Å². The number of hydrogen-bond donors (Lipinski definition) is 2. The van der Waals surface area contributed by atoms with Gasteiger partial charge >= 0.3 is 5.97 Å². The zero-order valence-corrected chi connectivity index (χ0v) is 11.0. The minimum atomic E-state index is -0.892. The second kappa shape index (κ2) is 7.24. The molecular formula is C12H13Cl2NO3. The van der Waals surface area contributed by atoms with Crippen molar-refractivity contribution in [2.24, 2.45) is 0 Å². The Bertz CT molecular complexity index is 417. The van der Waals surface area contributed by atoms with E-state index >= 15 is 0 Å². The molecule has 1 atom stereocenters. The van der Waals surface area contributed by atoms with Crippen molar-refractivity contribution in [2.45, 2.75) is 25.3 Å². The number of carboxylic acid groups (broad SMARTS) is 1. The third-order valence-electron chi connectivity index (χ3n) is 2.41. The Labute approximate surface area is 115 Å². The first kappa shape index (κ1) is 14.8. The lowest BCUT2D eigenvalue weighted by atomic mass is 10.0. The lowest BCUT2D eigenvalue weighted by Crippen LogP contribution is -2.30. The molecule has 0 fully saturated rings. The maximum atomic E-state index is 10.5. The van der Waals surface area contributed by atoms with Crippen molar-refractivity contribution in [1.82, 2.24) is 5.32 Å². The van der Waals surface area contributed by atoms with Gasteiger partial charge in [-0.15, -0.1) is 0 Å². The van der Waals surface area contributed by atoms with Gasteiger partial charge < -0.3 is 10.4 Å². The molecule has 0 saturated heterocycles. The molecule has 0 bridgehead atoms. The fourth-order valence-electron chi connectivity index (χ4n) is 1.65. The van der Waals surface area contributed by atoms with Gasteiger partial charge in [-0.25, -0.2) is 0 Å². The number of amides is 1. The SMILES string of the molecule is O=CNC(CCC(=O)O)Cc1cc(Cl)cc(Cl)c1. The molecule has 1 aromatic rings. The van der Waals surface area contributed by atoms with E-state index in [1.165, 1.54) is 0 Å². The molecule has 0 aliphatic rings. The van der Waals surface area contributed by atoms with Gasteiger partial charge in [0.05, 0.1) is 0 Å². The Kier molecular flexibility index (Phi) is 5.95. The average molecular weight is 290 g/mol. The van der Waals surface area contributed by atoms with Crippen molar-refractivity contribution >= 4 is 35.6 Å². The van der Waals surface area contributed by atoms with Gasteiger partial charge in [-0.3, -0.25) is 9.59 Å². The van der Waals surface area contributed by atoms with Crippen molar-refractivity contribution in [3.63, 3.8) is 0 Å². The lowest BCUT2D eigenvalue weighted by Gasteiger charge is -2.15. The van der Waals surface area contributed by atoms with E-state index in [4.69, 9.17) is 28.3 Å². The van der Waals surface area contributed by atoms with E-state index in [9.17, 15) is 9.59 Å². The quantitative estimate of drug-likeness (QED) is 0.758. The van der Waals surface area contributed by atoms with Crippen molar-refractivity contribution in [3.05, 3.63) is 33.8 Å². The predicted molar refractivity (Wildman–Crippen MR) is 70.0 cm³/mol. The van der Waals surface area contributed by atoms with Crippen LogP contribution in [-0.2, 0) is 16.0 Å². The number of nitrogens with one attached hydrogen (secondary N) is 1. The molecule has 6 heteroatoms. The van der Waals surface area contributed by atoms with Crippen LogP contribution < -0.4 is 5.32 Å². The third-order valence-corrected chi connectivity index (χ3v) is 2.85. The van der Waals surface area contributed by atoms with Crippen LogP contribution in [0.5, 0.6) is 0 Å². The smallest absolute Gasteiger partial charge is 0.303 e. The molecule has 18 heavy (non-hydrogen) atoms. The van der Waals surface area contributed by atoms with Crippen LogP contribution in [0.4, 0.5) is 0 Å². The van der Waals surface area contributed by atoms with E-state index in [1.807, 2.05) is 0 Å². The fourth-order valence-corrected chi connectivity index (χ4v) is 2.22. The van der Waals surface area contributed by atoms with Gasteiger partial charge in [-0.2, -0.15) is 0 Å². The number of carbonyl (C=O) groups excluding carboxylic acids is 1. The molecule has 0 saturated carbocycles. The van der Waals surface area contributed by atoms with Crippen LogP contribution in [0.15, 0.2) is 18.2 Å². The Morgan fingerprint density at radius 3 is 2.44 bits per heavy atom. The van der Waals surface area contributed by atoms with E-state index in [2.05, 4.69) is 5.32 Å². The fraction of sp³-hybridized carbons (Fsp3) is 0.333. The van der Waals surface area contributed by atoms with Gasteiger partial charge in [-0.05, 0) is 36.6 Å².